The molecule has 3 rings (SSSR count). The van der Waals surface area contributed by atoms with Crippen molar-refractivity contribution >= 4 is 10.4 Å². The Morgan fingerprint density at radius 2 is 1.91 bits per heavy atom. The van der Waals surface area contributed by atoms with E-state index in [1.54, 1.807) is 5.57 Å². The van der Waals surface area contributed by atoms with Gasteiger partial charge in [-0.1, -0.05) is 76.8 Å². The van der Waals surface area contributed by atoms with Crippen LogP contribution in [0, 0.1) is 29.1 Å². The lowest BCUT2D eigenvalue weighted by Crippen LogP contribution is -2.36. The summed E-state index contributed by atoms with van der Waals surface area (Å²) in [6.07, 6.45) is 16.1. The van der Waals surface area contributed by atoms with Gasteiger partial charge in [-0.2, -0.15) is 8.42 Å². The van der Waals surface area contributed by atoms with E-state index in [0.29, 0.717) is 30.6 Å². The Morgan fingerprint density at radius 3 is 2.59 bits per heavy atom. The Bertz CT molecular complexity index is 838. The average Bonchev–Trinajstić information content (AvgIpc) is 3.04. The second-order valence-corrected chi connectivity index (χ2v) is 12.4. The predicted molar refractivity (Wildman–Crippen MR) is 132 cm³/mol. The molecule has 3 aliphatic rings. The SMILES string of the molecule is C=C1CCC(OS(=O)(=O)O)CC1=CC=C1CCCC2(C)C1CCC2C(C)CCCC(C)C. The fourth-order valence-electron chi connectivity index (χ4n) is 6.90. The van der Waals surface area contributed by atoms with E-state index in [0.717, 1.165) is 35.3 Å². The summed E-state index contributed by atoms with van der Waals surface area (Å²) in [6.45, 7) is 13.9. The molecule has 0 radical (unpaired) electrons. The van der Waals surface area contributed by atoms with Crippen molar-refractivity contribution in [2.45, 2.75) is 104 Å². The number of allylic oxidation sites excluding steroid dienone is 4. The molecule has 3 aliphatic carbocycles. The van der Waals surface area contributed by atoms with Crippen molar-refractivity contribution < 1.29 is 17.2 Å². The Kier molecular flexibility index (Phi) is 8.49. The first-order valence-electron chi connectivity index (χ1n) is 12.7. The molecule has 0 amide bonds. The van der Waals surface area contributed by atoms with Gasteiger partial charge in [0.2, 0.25) is 0 Å². The van der Waals surface area contributed by atoms with Crippen LogP contribution in [0.5, 0.6) is 0 Å². The maximum Gasteiger partial charge on any atom is 0.397 e. The standard InChI is InChI=1S/C27H44O4S/c1-19(2)8-6-9-21(4)25-15-16-26-22(10-7-17-27(25,26)5)12-13-23-18-24(14-11-20(23)3)31-32(28,29)30/h12-13,19,21,24-26H,3,6-11,14-18H2,1-2,4-5H3,(H,28,29,30). The Morgan fingerprint density at radius 1 is 1.16 bits per heavy atom. The van der Waals surface area contributed by atoms with Crippen molar-refractivity contribution in [1.82, 2.24) is 0 Å². The van der Waals surface area contributed by atoms with Gasteiger partial charge in [-0.25, -0.2) is 4.18 Å². The summed E-state index contributed by atoms with van der Waals surface area (Å²) in [5.41, 5.74) is 4.08. The average molecular weight is 465 g/mol. The predicted octanol–water partition coefficient (Wildman–Crippen LogP) is 7.45. The lowest BCUT2D eigenvalue weighted by atomic mass is 9.60. The molecular formula is C27H44O4S. The molecule has 0 heterocycles. The third-order valence-corrected chi connectivity index (χ3v) is 9.11. The first kappa shape index (κ1) is 25.7. The first-order valence-corrected chi connectivity index (χ1v) is 14.1. The molecule has 0 aromatic heterocycles. The molecule has 32 heavy (non-hydrogen) atoms. The smallest absolute Gasteiger partial charge is 0.264 e. The van der Waals surface area contributed by atoms with E-state index in [2.05, 4.69) is 46.4 Å². The fourth-order valence-corrected chi connectivity index (χ4v) is 7.41. The molecule has 1 N–H and O–H groups in total. The van der Waals surface area contributed by atoms with Crippen molar-refractivity contribution in [3.63, 3.8) is 0 Å². The van der Waals surface area contributed by atoms with Crippen LogP contribution in [0.2, 0.25) is 0 Å². The molecule has 0 aromatic carbocycles. The van der Waals surface area contributed by atoms with Crippen LogP contribution in [0.3, 0.4) is 0 Å². The summed E-state index contributed by atoms with van der Waals surface area (Å²) in [5.74, 6) is 3.06. The number of hydrogen-bond donors (Lipinski definition) is 1. The van der Waals surface area contributed by atoms with Crippen LogP contribution >= 0.6 is 0 Å². The monoisotopic (exact) mass is 464 g/mol. The summed E-state index contributed by atoms with van der Waals surface area (Å²) in [7, 11) is -4.42. The highest BCUT2D eigenvalue weighted by Gasteiger charge is 2.50. The summed E-state index contributed by atoms with van der Waals surface area (Å²) in [5, 5.41) is 0. The fraction of sp³-hybridized carbons (Fsp3) is 0.778. The highest BCUT2D eigenvalue weighted by molar-refractivity contribution is 7.80. The molecule has 3 saturated carbocycles. The zero-order valence-corrected chi connectivity index (χ0v) is 21.4. The summed E-state index contributed by atoms with van der Waals surface area (Å²) in [4.78, 5) is 0. The van der Waals surface area contributed by atoms with Gasteiger partial charge in [-0.05, 0) is 79.6 Å². The van der Waals surface area contributed by atoms with E-state index in [1.807, 2.05) is 0 Å². The van der Waals surface area contributed by atoms with E-state index >= 15 is 0 Å². The maximum atomic E-state index is 11.1. The molecule has 0 bridgehead atoms. The molecule has 0 spiro atoms. The largest absolute Gasteiger partial charge is 0.397 e. The Labute approximate surface area is 196 Å². The van der Waals surface area contributed by atoms with E-state index in [9.17, 15) is 8.42 Å². The molecule has 3 fully saturated rings. The highest BCUT2D eigenvalue weighted by atomic mass is 32.3. The number of rotatable bonds is 8. The van der Waals surface area contributed by atoms with Gasteiger partial charge < -0.3 is 0 Å². The van der Waals surface area contributed by atoms with E-state index in [4.69, 9.17) is 8.74 Å². The van der Waals surface area contributed by atoms with Gasteiger partial charge in [-0.3, -0.25) is 4.55 Å². The maximum absolute atomic E-state index is 11.1. The van der Waals surface area contributed by atoms with Crippen LogP contribution in [-0.2, 0) is 14.6 Å². The third-order valence-electron chi connectivity index (χ3n) is 8.59. The zero-order valence-electron chi connectivity index (χ0n) is 20.6. The van der Waals surface area contributed by atoms with Crippen LogP contribution < -0.4 is 0 Å². The lowest BCUT2D eigenvalue weighted by Gasteiger charge is -2.44. The van der Waals surface area contributed by atoms with Gasteiger partial charge in [0.15, 0.2) is 0 Å². The van der Waals surface area contributed by atoms with E-state index in [-0.39, 0.29) is 0 Å². The molecule has 0 aromatic rings. The van der Waals surface area contributed by atoms with Crippen molar-refractivity contribution in [2.75, 3.05) is 0 Å². The molecule has 0 aliphatic heterocycles. The quantitative estimate of drug-likeness (QED) is 0.379. The normalized spacial score (nSPS) is 34.9. The lowest BCUT2D eigenvalue weighted by molar-refractivity contribution is 0.0929. The van der Waals surface area contributed by atoms with Crippen molar-refractivity contribution in [1.29, 1.82) is 0 Å². The van der Waals surface area contributed by atoms with Crippen LogP contribution in [0.4, 0.5) is 0 Å². The van der Waals surface area contributed by atoms with Crippen LogP contribution in [0.25, 0.3) is 0 Å². The zero-order chi connectivity index (χ0) is 23.5. The number of hydrogen-bond acceptors (Lipinski definition) is 3. The second kappa shape index (κ2) is 10.6. The molecule has 5 unspecified atom stereocenters. The molecule has 5 heteroatoms. The molecule has 4 nitrogen and oxygen atoms in total. The Balaban J connectivity index is 1.70. The van der Waals surface area contributed by atoms with Crippen molar-refractivity contribution in [3.8, 4) is 0 Å². The second-order valence-electron chi connectivity index (χ2n) is 11.3. The van der Waals surface area contributed by atoms with Gasteiger partial charge in [0.05, 0.1) is 6.10 Å². The topological polar surface area (TPSA) is 63.6 Å². The number of fused-ring (bicyclic) bond motifs is 1. The molecule has 182 valence electrons. The summed E-state index contributed by atoms with van der Waals surface area (Å²) < 4.78 is 36.1. The van der Waals surface area contributed by atoms with Crippen molar-refractivity contribution in [3.05, 3.63) is 35.5 Å². The molecule has 0 saturated heterocycles. The van der Waals surface area contributed by atoms with Crippen LogP contribution in [-0.4, -0.2) is 19.1 Å². The first-order chi connectivity index (χ1) is 15.0. The van der Waals surface area contributed by atoms with Gasteiger partial charge in [-0.15, -0.1) is 0 Å². The van der Waals surface area contributed by atoms with Gasteiger partial charge >= 0.3 is 10.4 Å². The minimum Gasteiger partial charge on any atom is -0.264 e. The minimum atomic E-state index is -4.42. The van der Waals surface area contributed by atoms with E-state index in [1.165, 1.54) is 44.9 Å². The molecule has 5 atom stereocenters. The summed E-state index contributed by atoms with van der Waals surface area (Å²) >= 11 is 0. The Hall–Kier alpha value is -0.910. The minimum absolute atomic E-state index is 0.403. The van der Waals surface area contributed by atoms with Gasteiger partial charge in [0.25, 0.3) is 0 Å². The van der Waals surface area contributed by atoms with Gasteiger partial charge in [0, 0.05) is 6.42 Å². The van der Waals surface area contributed by atoms with Gasteiger partial charge in [0.1, 0.15) is 0 Å². The third kappa shape index (κ3) is 6.36. The van der Waals surface area contributed by atoms with Crippen LogP contribution in [0.15, 0.2) is 35.5 Å². The van der Waals surface area contributed by atoms with Crippen molar-refractivity contribution in [2.24, 2.45) is 29.1 Å². The highest BCUT2D eigenvalue weighted by Crippen LogP contribution is 2.60. The van der Waals surface area contributed by atoms with Crippen LogP contribution in [0.1, 0.15) is 98.3 Å². The summed E-state index contributed by atoms with van der Waals surface area (Å²) in [6, 6.07) is 0. The molecular weight excluding hydrogens is 420 g/mol. The van der Waals surface area contributed by atoms with E-state index < -0.39 is 16.5 Å².